The van der Waals surface area contributed by atoms with Crippen molar-refractivity contribution in [3.05, 3.63) is 106 Å². The van der Waals surface area contributed by atoms with Gasteiger partial charge in [-0.15, -0.1) is 0 Å². The molecule has 0 aliphatic carbocycles. The van der Waals surface area contributed by atoms with E-state index in [2.05, 4.69) is 27.3 Å². The molecule has 8 heteroatoms. The smallest absolute Gasteiger partial charge is 0.326 e. The summed E-state index contributed by atoms with van der Waals surface area (Å²) in [7, 11) is 0. The summed E-state index contributed by atoms with van der Waals surface area (Å²) >= 11 is 5.96. The molecule has 0 unspecified atom stereocenters. The lowest BCUT2D eigenvalue weighted by atomic mass is 10.0. The van der Waals surface area contributed by atoms with Crippen LogP contribution in [0.3, 0.4) is 0 Å². The Labute approximate surface area is 213 Å². The molecule has 0 atom stereocenters. The van der Waals surface area contributed by atoms with E-state index in [1.165, 1.54) is 12.1 Å². The maximum Gasteiger partial charge on any atom is 0.326 e. The van der Waals surface area contributed by atoms with Crippen LogP contribution in [0.4, 0.5) is 9.18 Å². The molecule has 180 valence electrons. The second-order valence-electron chi connectivity index (χ2n) is 8.69. The lowest BCUT2D eigenvalue weighted by molar-refractivity contribution is 0.240. The third kappa shape index (κ3) is 5.01. The van der Waals surface area contributed by atoms with Gasteiger partial charge in [0.1, 0.15) is 11.0 Å². The van der Waals surface area contributed by atoms with E-state index < -0.39 is 0 Å². The van der Waals surface area contributed by atoms with Crippen molar-refractivity contribution in [2.45, 2.75) is 19.5 Å². The molecule has 4 aromatic rings. The van der Waals surface area contributed by atoms with Crippen molar-refractivity contribution < 1.29 is 9.18 Å². The summed E-state index contributed by atoms with van der Waals surface area (Å²) < 4.78 is 15.9. The number of fused-ring (bicyclic) bond motifs is 3. The lowest BCUT2D eigenvalue weighted by Gasteiger charge is -2.27. The molecule has 1 aliphatic rings. The molecular formula is C28H23ClFN5O. The minimum atomic E-state index is -0.327. The number of pyridine rings is 1. The van der Waals surface area contributed by atoms with Crippen LogP contribution in [0.1, 0.15) is 27.9 Å². The Morgan fingerprint density at radius 3 is 2.81 bits per heavy atom. The van der Waals surface area contributed by atoms with Gasteiger partial charge in [0.25, 0.3) is 0 Å². The Balaban J connectivity index is 1.35. The van der Waals surface area contributed by atoms with E-state index in [0.29, 0.717) is 35.7 Å². The van der Waals surface area contributed by atoms with Gasteiger partial charge in [-0.05, 0) is 59.2 Å². The van der Waals surface area contributed by atoms with E-state index in [1.54, 1.807) is 41.1 Å². The highest BCUT2D eigenvalue weighted by Crippen LogP contribution is 2.31. The predicted octanol–water partition coefficient (Wildman–Crippen LogP) is 5.53. The highest BCUT2D eigenvalue weighted by molar-refractivity contribution is 6.29. The zero-order valence-electron chi connectivity index (χ0n) is 19.4. The number of nitriles is 1. The molecule has 1 amide bonds. The highest BCUT2D eigenvalue weighted by Gasteiger charge is 2.26. The number of nitrogens with one attached hydrogen (secondary N) is 1. The molecule has 36 heavy (non-hydrogen) atoms. The second-order valence-corrected chi connectivity index (χ2v) is 9.08. The van der Waals surface area contributed by atoms with E-state index in [4.69, 9.17) is 16.9 Å². The minimum Gasteiger partial charge on any atom is -0.333 e. The van der Waals surface area contributed by atoms with Crippen LogP contribution in [0.25, 0.3) is 17.0 Å². The molecule has 0 saturated heterocycles. The molecule has 6 nitrogen and oxygen atoms in total. The Morgan fingerprint density at radius 1 is 1.19 bits per heavy atom. The van der Waals surface area contributed by atoms with Crippen LogP contribution in [0, 0.1) is 17.1 Å². The topological polar surface area (TPSA) is 74.0 Å². The van der Waals surface area contributed by atoms with E-state index >= 15 is 0 Å². The first kappa shape index (κ1) is 23.7. The Kier molecular flexibility index (Phi) is 6.81. The van der Waals surface area contributed by atoms with Gasteiger partial charge in [0.15, 0.2) is 0 Å². The molecular weight excluding hydrogens is 477 g/mol. The number of carbonyl (C=O) groups is 1. The quantitative estimate of drug-likeness (QED) is 0.366. The van der Waals surface area contributed by atoms with Gasteiger partial charge in [-0.25, -0.2) is 14.2 Å². The summed E-state index contributed by atoms with van der Waals surface area (Å²) in [5, 5.41) is 13.0. The molecule has 5 rings (SSSR count). The fraction of sp³-hybridized carbons (Fsp3) is 0.179. The highest BCUT2D eigenvalue weighted by atomic mass is 35.5. The minimum absolute atomic E-state index is 0.255. The maximum absolute atomic E-state index is 14.2. The van der Waals surface area contributed by atoms with Crippen LogP contribution in [0.5, 0.6) is 0 Å². The van der Waals surface area contributed by atoms with Crippen molar-refractivity contribution in [3.8, 4) is 6.07 Å². The summed E-state index contributed by atoms with van der Waals surface area (Å²) in [6.07, 6.45) is 6.38. The third-order valence-electron chi connectivity index (χ3n) is 6.34. The van der Waals surface area contributed by atoms with Crippen LogP contribution in [-0.2, 0) is 19.5 Å². The number of rotatable bonds is 5. The predicted molar refractivity (Wildman–Crippen MR) is 138 cm³/mol. The van der Waals surface area contributed by atoms with Gasteiger partial charge >= 0.3 is 6.03 Å². The zero-order valence-corrected chi connectivity index (χ0v) is 20.2. The lowest BCUT2D eigenvalue weighted by Crippen LogP contribution is -2.34. The molecule has 0 fully saturated rings. The van der Waals surface area contributed by atoms with Crippen molar-refractivity contribution in [2.24, 2.45) is 0 Å². The first-order chi connectivity index (χ1) is 17.5. The molecule has 0 bridgehead atoms. The van der Waals surface area contributed by atoms with Crippen LogP contribution < -0.4 is 5.32 Å². The van der Waals surface area contributed by atoms with E-state index in [1.807, 2.05) is 18.2 Å². The summed E-state index contributed by atoms with van der Waals surface area (Å²) in [6, 6.07) is 17.4. The summed E-state index contributed by atoms with van der Waals surface area (Å²) in [6.45, 7) is 2.42. The number of halogens is 2. The molecule has 3 heterocycles. The fourth-order valence-electron chi connectivity index (χ4n) is 4.59. The van der Waals surface area contributed by atoms with Gasteiger partial charge in [0.05, 0.1) is 17.1 Å². The third-order valence-corrected chi connectivity index (χ3v) is 6.55. The maximum atomic E-state index is 14.2. The number of carbonyl (C=O) groups excluding carboxylic acids is 1. The Bertz CT molecular complexity index is 1500. The first-order valence-electron chi connectivity index (χ1n) is 11.6. The Morgan fingerprint density at radius 2 is 2.03 bits per heavy atom. The molecule has 1 N–H and O–H groups in total. The molecule has 2 aromatic heterocycles. The average Bonchev–Trinajstić information content (AvgIpc) is 3.21. The molecule has 2 aromatic carbocycles. The number of aromatic nitrogens is 2. The van der Waals surface area contributed by atoms with Crippen LogP contribution in [0.15, 0.2) is 66.9 Å². The molecule has 1 aliphatic heterocycles. The Hall–Kier alpha value is -3.99. The van der Waals surface area contributed by atoms with Gasteiger partial charge in [-0.3, -0.25) is 9.47 Å². The van der Waals surface area contributed by atoms with Crippen molar-refractivity contribution in [1.29, 1.82) is 5.26 Å². The van der Waals surface area contributed by atoms with E-state index in [-0.39, 0.29) is 11.8 Å². The van der Waals surface area contributed by atoms with Gasteiger partial charge in [0, 0.05) is 49.9 Å². The summed E-state index contributed by atoms with van der Waals surface area (Å²) in [5.41, 5.74) is 5.09. The van der Waals surface area contributed by atoms with Gasteiger partial charge in [-0.1, -0.05) is 35.9 Å². The SMILES string of the molecule is N#Cc1ccc(/C=C/CN2CCc3c(c4cc(F)ccc4n3C(=O)NCc3ccnc(Cl)c3)C2)cc1. The normalized spacial score (nSPS) is 13.6. The summed E-state index contributed by atoms with van der Waals surface area (Å²) in [4.78, 5) is 19.5. The second kappa shape index (κ2) is 10.3. The van der Waals surface area contributed by atoms with Gasteiger partial charge in [-0.2, -0.15) is 5.26 Å². The van der Waals surface area contributed by atoms with E-state index in [9.17, 15) is 9.18 Å². The van der Waals surface area contributed by atoms with Crippen LogP contribution >= 0.6 is 11.6 Å². The van der Waals surface area contributed by atoms with Crippen molar-refractivity contribution in [1.82, 2.24) is 19.8 Å². The number of nitrogens with zero attached hydrogens (tertiary/aromatic N) is 4. The molecule has 0 radical (unpaired) electrons. The monoisotopic (exact) mass is 499 g/mol. The number of hydrogen-bond donors (Lipinski definition) is 1. The largest absolute Gasteiger partial charge is 0.333 e. The number of benzene rings is 2. The van der Waals surface area contributed by atoms with E-state index in [0.717, 1.165) is 40.9 Å². The standard InChI is InChI=1S/C28H23ClFN5O/c29-27-14-21(9-11-32-27)17-33-28(36)35-25-8-7-22(30)15-23(25)24-18-34(13-10-26(24)35)12-1-2-19-3-5-20(16-31)6-4-19/h1-9,11,14-15H,10,12-13,17-18H2,(H,33,36)/b2-1+. The number of hydrogen-bond acceptors (Lipinski definition) is 4. The van der Waals surface area contributed by atoms with Crippen LogP contribution in [0.2, 0.25) is 5.15 Å². The average molecular weight is 500 g/mol. The van der Waals surface area contributed by atoms with Crippen molar-refractivity contribution in [3.63, 3.8) is 0 Å². The van der Waals surface area contributed by atoms with Crippen molar-refractivity contribution >= 4 is 34.6 Å². The fourth-order valence-corrected chi connectivity index (χ4v) is 4.79. The van der Waals surface area contributed by atoms with Gasteiger partial charge < -0.3 is 5.32 Å². The first-order valence-corrected chi connectivity index (χ1v) is 12.0. The number of amides is 1. The zero-order chi connectivity index (χ0) is 25.1. The van der Waals surface area contributed by atoms with Crippen LogP contribution in [-0.4, -0.2) is 33.6 Å². The van der Waals surface area contributed by atoms with Crippen molar-refractivity contribution in [2.75, 3.05) is 13.1 Å². The molecule has 0 saturated carbocycles. The van der Waals surface area contributed by atoms with Gasteiger partial charge in [0.2, 0.25) is 0 Å². The molecule has 0 spiro atoms. The summed E-state index contributed by atoms with van der Waals surface area (Å²) in [5.74, 6) is -0.327.